The second kappa shape index (κ2) is 7.95. The Labute approximate surface area is 136 Å². The minimum Gasteiger partial charge on any atom is -0.460 e. The van der Waals surface area contributed by atoms with E-state index in [0.717, 1.165) is 11.1 Å². The predicted molar refractivity (Wildman–Crippen MR) is 89.5 cm³/mol. The standard InChI is InChI=1S/C20H19NO2/c1-2-13-23-19(22)20(16-21,14-17-9-5-3-6-10-17)15-18-11-7-4-8-12-18/h2-12H,1,13-15H2. The minimum absolute atomic E-state index is 0.103. The Morgan fingerprint density at radius 2 is 1.52 bits per heavy atom. The second-order valence-corrected chi connectivity index (χ2v) is 5.41. The highest BCUT2D eigenvalue weighted by Gasteiger charge is 2.40. The van der Waals surface area contributed by atoms with E-state index in [-0.39, 0.29) is 6.61 Å². The average molecular weight is 305 g/mol. The van der Waals surface area contributed by atoms with Crippen LogP contribution in [0.5, 0.6) is 0 Å². The third kappa shape index (κ3) is 4.31. The third-order valence-electron chi connectivity index (χ3n) is 3.63. The number of nitrogens with zero attached hydrogens (tertiary/aromatic N) is 1. The Balaban J connectivity index is 2.33. The van der Waals surface area contributed by atoms with Gasteiger partial charge in [0.1, 0.15) is 6.61 Å². The van der Waals surface area contributed by atoms with Crippen molar-refractivity contribution in [3.05, 3.63) is 84.4 Å². The van der Waals surface area contributed by atoms with Gasteiger partial charge in [-0.25, -0.2) is 0 Å². The number of hydrogen-bond acceptors (Lipinski definition) is 3. The smallest absolute Gasteiger partial charge is 0.327 e. The number of benzene rings is 2. The highest BCUT2D eigenvalue weighted by atomic mass is 16.5. The van der Waals surface area contributed by atoms with E-state index in [0.29, 0.717) is 12.8 Å². The SMILES string of the molecule is C=CCOC(=O)C(C#N)(Cc1ccccc1)Cc1ccccc1. The molecule has 2 aromatic rings. The van der Waals surface area contributed by atoms with Crippen LogP contribution in [0.25, 0.3) is 0 Å². The number of esters is 1. The van der Waals surface area contributed by atoms with E-state index in [1.165, 1.54) is 6.08 Å². The van der Waals surface area contributed by atoms with Crippen LogP contribution < -0.4 is 0 Å². The molecule has 0 atom stereocenters. The van der Waals surface area contributed by atoms with Crippen LogP contribution in [0.1, 0.15) is 11.1 Å². The maximum atomic E-state index is 12.6. The van der Waals surface area contributed by atoms with Crippen LogP contribution in [0, 0.1) is 16.7 Å². The summed E-state index contributed by atoms with van der Waals surface area (Å²) >= 11 is 0. The molecule has 0 spiro atoms. The first-order chi connectivity index (χ1) is 11.2. The van der Waals surface area contributed by atoms with Crippen molar-refractivity contribution in [1.82, 2.24) is 0 Å². The van der Waals surface area contributed by atoms with Gasteiger partial charge in [-0.1, -0.05) is 73.3 Å². The Hall–Kier alpha value is -2.86. The monoisotopic (exact) mass is 305 g/mol. The van der Waals surface area contributed by atoms with Gasteiger partial charge in [-0.15, -0.1) is 0 Å². The number of carbonyl (C=O) groups is 1. The Morgan fingerprint density at radius 3 is 1.91 bits per heavy atom. The molecule has 0 aliphatic carbocycles. The average Bonchev–Trinajstić information content (AvgIpc) is 2.60. The van der Waals surface area contributed by atoms with Gasteiger partial charge < -0.3 is 4.74 Å². The van der Waals surface area contributed by atoms with E-state index in [1.807, 2.05) is 60.7 Å². The molecule has 0 unspecified atom stereocenters. The summed E-state index contributed by atoms with van der Waals surface area (Å²) in [6.45, 7) is 3.65. The summed E-state index contributed by atoms with van der Waals surface area (Å²) in [7, 11) is 0. The highest BCUT2D eigenvalue weighted by Crippen LogP contribution is 2.29. The molecule has 0 fully saturated rings. The van der Waals surface area contributed by atoms with E-state index in [2.05, 4.69) is 12.6 Å². The van der Waals surface area contributed by atoms with Crippen LogP contribution in [-0.2, 0) is 22.4 Å². The molecule has 23 heavy (non-hydrogen) atoms. The molecule has 0 aromatic heterocycles. The van der Waals surface area contributed by atoms with Gasteiger partial charge in [0, 0.05) is 12.8 Å². The molecule has 2 rings (SSSR count). The number of carbonyl (C=O) groups excluding carboxylic acids is 1. The largest absolute Gasteiger partial charge is 0.460 e. The molecule has 0 radical (unpaired) electrons. The zero-order chi connectivity index (χ0) is 16.5. The lowest BCUT2D eigenvalue weighted by molar-refractivity contribution is -0.151. The molecule has 0 bridgehead atoms. The van der Waals surface area contributed by atoms with Gasteiger partial charge in [0.15, 0.2) is 5.41 Å². The van der Waals surface area contributed by atoms with Gasteiger partial charge in [0.2, 0.25) is 0 Å². The van der Waals surface area contributed by atoms with Crippen molar-refractivity contribution >= 4 is 5.97 Å². The summed E-state index contributed by atoms with van der Waals surface area (Å²) in [4.78, 5) is 12.6. The van der Waals surface area contributed by atoms with E-state index in [4.69, 9.17) is 4.74 Å². The predicted octanol–water partition coefficient (Wildman–Crippen LogP) is 3.71. The molecule has 3 nitrogen and oxygen atoms in total. The lowest BCUT2D eigenvalue weighted by atomic mass is 9.77. The van der Waals surface area contributed by atoms with E-state index < -0.39 is 11.4 Å². The zero-order valence-electron chi connectivity index (χ0n) is 12.9. The van der Waals surface area contributed by atoms with E-state index in [9.17, 15) is 10.1 Å². The van der Waals surface area contributed by atoms with Gasteiger partial charge >= 0.3 is 5.97 Å². The van der Waals surface area contributed by atoms with Crippen molar-refractivity contribution in [3.63, 3.8) is 0 Å². The fourth-order valence-electron chi connectivity index (χ4n) is 2.49. The van der Waals surface area contributed by atoms with Crippen LogP contribution in [-0.4, -0.2) is 12.6 Å². The molecule has 0 saturated carbocycles. The van der Waals surface area contributed by atoms with Crippen molar-refractivity contribution in [2.24, 2.45) is 5.41 Å². The Morgan fingerprint density at radius 1 is 1.04 bits per heavy atom. The van der Waals surface area contributed by atoms with Crippen molar-refractivity contribution < 1.29 is 9.53 Å². The Bertz CT molecular complexity index is 645. The lowest BCUT2D eigenvalue weighted by Crippen LogP contribution is -2.36. The molecule has 0 heterocycles. The number of nitriles is 1. The Kier molecular flexibility index (Phi) is 5.71. The molecule has 3 heteroatoms. The van der Waals surface area contributed by atoms with Crippen LogP contribution in [0.2, 0.25) is 0 Å². The highest BCUT2D eigenvalue weighted by molar-refractivity contribution is 5.81. The summed E-state index contributed by atoms with van der Waals surface area (Å²) in [6.07, 6.45) is 2.13. The third-order valence-corrected chi connectivity index (χ3v) is 3.63. The van der Waals surface area contributed by atoms with Gasteiger partial charge in [-0.3, -0.25) is 4.79 Å². The number of ether oxygens (including phenoxy) is 1. The van der Waals surface area contributed by atoms with Gasteiger partial charge in [0.05, 0.1) is 6.07 Å². The van der Waals surface area contributed by atoms with Gasteiger partial charge in [-0.05, 0) is 11.1 Å². The molecular formula is C20H19NO2. The molecule has 116 valence electrons. The van der Waals surface area contributed by atoms with E-state index in [1.54, 1.807) is 0 Å². The molecule has 0 N–H and O–H groups in total. The molecule has 0 amide bonds. The molecule has 2 aromatic carbocycles. The van der Waals surface area contributed by atoms with Crippen molar-refractivity contribution in [1.29, 1.82) is 5.26 Å². The fraction of sp³-hybridized carbons (Fsp3) is 0.200. The molecular weight excluding hydrogens is 286 g/mol. The summed E-state index contributed by atoms with van der Waals surface area (Å²) in [5.74, 6) is -0.507. The molecule has 0 saturated heterocycles. The minimum atomic E-state index is -1.24. The lowest BCUT2D eigenvalue weighted by Gasteiger charge is -2.24. The normalized spacial score (nSPS) is 10.6. The quantitative estimate of drug-likeness (QED) is 0.579. The van der Waals surface area contributed by atoms with Crippen LogP contribution in [0.3, 0.4) is 0 Å². The van der Waals surface area contributed by atoms with Crippen LogP contribution in [0.15, 0.2) is 73.3 Å². The summed E-state index contributed by atoms with van der Waals surface area (Å²) < 4.78 is 5.21. The van der Waals surface area contributed by atoms with Crippen LogP contribution in [0.4, 0.5) is 0 Å². The topological polar surface area (TPSA) is 50.1 Å². The summed E-state index contributed by atoms with van der Waals surface area (Å²) in [6, 6.07) is 21.3. The van der Waals surface area contributed by atoms with E-state index >= 15 is 0 Å². The number of hydrogen-bond donors (Lipinski definition) is 0. The number of rotatable bonds is 7. The van der Waals surface area contributed by atoms with Gasteiger partial charge in [-0.2, -0.15) is 5.26 Å². The van der Waals surface area contributed by atoms with Crippen molar-refractivity contribution in [2.45, 2.75) is 12.8 Å². The fourth-order valence-corrected chi connectivity index (χ4v) is 2.49. The van der Waals surface area contributed by atoms with Crippen molar-refractivity contribution in [2.75, 3.05) is 6.61 Å². The zero-order valence-corrected chi connectivity index (χ0v) is 12.9. The first kappa shape index (κ1) is 16.5. The first-order valence-electron chi connectivity index (χ1n) is 7.47. The summed E-state index contributed by atoms with van der Waals surface area (Å²) in [5.41, 5.74) is 0.618. The van der Waals surface area contributed by atoms with Crippen molar-refractivity contribution in [3.8, 4) is 6.07 Å². The molecule has 0 aliphatic rings. The van der Waals surface area contributed by atoms with Gasteiger partial charge in [0.25, 0.3) is 0 Å². The maximum Gasteiger partial charge on any atom is 0.327 e. The molecule has 0 aliphatic heterocycles. The summed E-state index contributed by atoms with van der Waals surface area (Å²) in [5, 5.41) is 9.79. The van der Waals surface area contributed by atoms with Crippen LogP contribution >= 0.6 is 0 Å². The maximum absolute atomic E-state index is 12.6. The second-order valence-electron chi connectivity index (χ2n) is 5.41. The first-order valence-corrected chi connectivity index (χ1v) is 7.47.